The summed E-state index contributed by atoms with van der Waals surface area (Å²) < 4.78 is 0. The van der Waals surface area contributed by atoms with Crippen LogP contribution in [0.1, 0.15) is 30.4 Å². The van der Waals surface area contributed by atoms with Gasteiger partial charge in [0.15, 0.2) is 5.96 Å². The molecule has 0 spiro atoms. The fourth-order valence-corrected chi connectivity index (χ4v) is 3.42. The van der Waals surface area contributed by atoms with E-state index in [1.807, 2.05) is 19.2 Å². The Morgan fingerprint density at radius 2 is 1.78 bits per heavy atom. The minimum atomic E-state index is 0.322. The summed E-state index contributed by atoms with van der Waals surface area (Å²) in [4.78, 5) is 6.81. The lowest BCUT2D eigenvalue weighted by Gasteiger charge is -2.31. The summed E-state index contributed by atoms with van der Waals surface area (Å²) in [6.45, 7) is 2.92. The summed E-state index contributed by atoms with van der Waals surface area (Å²) in [6.07, 6.45) is 6.53. The van der Waals surface area contributed by atoms with Crippen LogP contribution in [0.4, 0.5) is 0 Å². The van der Waals surface area contributed by atoms with E-state index in [0.717, 1.165) is 51.3 Å². The molecular weight excluding hydrogens is 334 g/mol. The second-order valence-electron chi connectivity index (χ2n) is 6.94. The molecule has 3 rings (SSSR count). The highest BCUT2D eigenvalue weighted by atomic mass is 16.3. The highest BCUT2D eigenvalue weighted by Crippen LogP contribution is 2.19. The van der Waals surface area contributed by atoms with Gasteiger partial charge in [-0.25, -0.2) is 0 Å². The molecule has 1 saturated heterocycles. The Morgan fingerprint density at radius 1 is 1.07 bits per heavy atom. The van der Waals surface area contributed by atoms with Crippen LogP contribution in [0, 0.1) is 0 Å². The summed E-state index contributed by atoms with van der Waals surface area (Å²) in [6, 6.07) is 18.0. The molecule has 0 radical (unpaired) electrons. The van der Waals surface area contributed by atoms with Crippen LogP contribution in [0.2, 0.25) is 0 Å². The zero-order chi connectivity index (χ0) is 18.9. The maximum Gasteiger partial charge on any atom is 0.193 e. The SMILES string of the molecule is CN=C(NCCCc1ccc(O)cc1)N1CCC(=Cc2ccccc2)CC1. The molecule has 0 bridgehead atoms. The van der Waals surface area contributed by atoms with Gasteiger partial charge < -0.3 is 15.3 Å². The van der Waals surface area contributed by atoms with E-state index in [9.17, 15) is 5.11 Å². The molecule has 0 amide bonds. The van der Waals surface area contributed by atoms with E-state index >= 15 is 0 Å². The number of aryl methyl sites for hydroxylation is 1. The molecule has 0 saturated carbocycles. The first-order chi connectivity index (χ1) is 13.2. The first kappa shape index (κ1) is 19.0. The predicted molar refractivity (Wildman–Crippen MR) is 113 cm³/mol. The fraction of sp³-hybridized carbons (Fsp3) is 0.348. The number of phenols is 1. The number of phenolic OH excluding ortho intramolecular Hbond substituents is 1. The third-order valence-electron chi connectivity index (χ3n) is 4.95. The number of aromatic hydroxyl groups is 1. The lowest BCUT2D eigenvalue weighted by molar-refractivity contribution is 0.375. The second-order valence-corrected chi connectivity index (χ2v) is 6.94. The van der Waals surface area contributed by atoms with Gasteiger partial charge in [-0.2, -0.15) is 0 Å². The Balaban J connectivity index is 1.42. The van der Waals surface area contributed by atoms with E-state index in [0.29, 0.717) is 5.75 Å². The summed E-state index contributed by atoms with van der Waals surface area (Å²) in [5.74, 6) is 1.32. The average molecular weight is 364 g/mol. The third-order valence-corrected chi connectivity index (χ3v) is 4.95. The number of piperidine rings is 1. The molecular formula is C23H29N3O. The molecule has 2 N–H and O–H groups in total. The number of likely N-dealkylation sites (tertiary alicyclic amines) is 1. The minimum absolute atomic E-state index is 0.322. The van der Waals surface area contributed by atoms with E-state index in [1.165, 1.54) is 16.7 Å². The number of rotatable bonds is 5. The van der Waals surface area contributed by atoms with Gasteiger partial charge in [0.1, 0.15) is 5.75 Å². The lowest BCUT2D eigenvalue weighted by Crippen LogP contribution is -2.44. The molecule has 1 aliphatic heterocycles. The molecule has 4 heteroatoms. The highest BCUT2D eigenvalue weighted by molar-refractivity contribution is 5.80. The largest absolute Gasteiger partial charge is 0.508 e. The number of hydrogen-bond acceptors (Lipinski definition) is 2. The average Bonchev–Trinajstić information content (AvgIpc) is 2.71. The van der Waals surface area contributed by atoms with Gasteiger partial charge in [-0.1, -0.05) is 54.1 Å². The zero-order valence-electron chi connectivity index (χ0n) is 16.1. The van der Waals surface area contributed by atoms with Gasteiger partial charge in [-0.05, 0) is 48.9 Å². The van der Waals surface area contributed by atoms with Gasteiger partial charge in [0.25, 0.3) is 0 Å². The van der Waals surface area contributed by atoms with Gasteiger partial charge in [0, 0.05) is 26.7 Å². The number of nitrogens with zero attached hydrogens (tertiary/aromatic N) is 2. The number of aliphatic imine (C=N–C) groups is 1. The van der Waals surface area contributed by atoms with Gasteiger partial charge in [0.2, 0.25) is 0 Å². The summed E-state index contributed by atoms with van der Waals surface area (Å²) >= 11 is 0. The number of nitrogens with one attached hydrogen (secondary N) is 1. The van der Waals surface area contributed by atoms with E-state index in [2.05, 4.69) is 51.6 Å². The van der Waals surface area contributed by atoms with Gasteiger partial charge in [-0.3, -0.25) is 4.99 Å². The van der Waals surface area contributed by atoms with Crippen molar-refractivity contribution in [2.24, 2.45) is 4.99 Å². The van der Waals surface area contributed by atoms with E-state index < -0.39 is 0 Å². The van der Waals surface area contributed by atoms with Gasteiger partial charge in [0.05, 0.1) is 0 Å². The van der Waals surface area contributed by atoms with Crippen molar-refractivity contribution in [2.75, 3.05) is 26.7 Å². The summed E-state index contributed by atoms with van der Waals surface area (Å²) in [5, 5.41) is 12.8. The maximum absolute atomic E-state index is 9.34. The van der Waals surface area contributed by atoms with Crippen LogP contribution in [0.5, 0.6) is 5.75 Å². The van der Waals surface area contributed by atoms with E-state index in [4.69, 9.17) is 0 Å². The molecule has 1 fully saturated rings. The predicted octanol–water partition coefficient (Wildman–Crippen LogP) is 4.08. The smallest absolute Gasteiger partial charge is 0.193 e. The number of hydrogen-bond donors (Lipinski definition) is 2. The Bertz CT molecular complexity index is 756. The Hall–Kier alpha value is -2.75. The molecule has 0 unspecified atom stereocenters. The standard InChI is InChI=1S/C23H29N3O/c1-24-23(25-15-5-8-19-9-11-22(27)12-10-19)26-16-13-21(14-17-26)18-20-6-3-2-4-7-20/h2-4,6-7,9-12,18,27H,5,8,13-17H2,1H3,(H,24,25). The van der Waals surface area contributed by atoms with E-state index in [1.54, 1.807) is 12.1 Å². The molecule has 2 aromatic rings. The Kier molecular flexibility index (Phi) is 6.91. The van der Waals surface area contributed by atoms with Crippen molar-refractivity contribution in [3.8, 4) is 5.75 Å². The quantitative estimate of drug-likeness (QED) is 0.478. The minimum Gasteiger partial charge on any atom is -0.508 e. The number of guanidine groups is 1. The molecule has 27 heavy (non-hydrogen) atoms. The summed E-state index contributed by atoms with van der Waals surface area (Å²) in [7, 11) is 1.86. The van der Waals surface area contributed by atoms with Crippen LogP contribution in [-0.4, -0.2) is 42.6 Å². The van der Waals surface area contributed by atoms with Crippen molar-refractivity contribution in [1.29, 1.82) is 0 Å². The number of benzene rings is 2. The van der Waals surface area contributed by atoms with Crippen molar-refractivity contribution in [3.63, 3.8) is 0 Å². The molecule has 1 aliphatic rings. The monoisotopic (exact) mass is 363 g/mol. The van der Waals surface area contributed by atoms with Crippen molar-refractivity contribution >= 4 is 12.0 Å². The molecule has 1 heterocycles. The van der Waals surface area contributed by atoms with Crippen molar-refractivity contribution in [1.82, 2.24) is 10.2 Å². The van der Waals surface area contributed by atoms with Crippen LogP contribution >= 0.6 is 0 Å². The Morgan fingerprint density at radius 3 is 2.44 bits per heavy atom. The van der Waals surface area contributed by atoms with E-state index in [-0.39, 0.29) is 0 Å². The topological polar surface area (TPSA) is 47.9 Å². The third kappa shape index (κ3) is 5.88. The Labute approximate surface area is 162 Å². The molecule has 0 atom stereocenters. The van der Waals surface area contributed by atoms with Crippen LogP contribution in [-0.2, 0) is 6.42 Å². The van der Waals surface area contributed by atoms with Crippen LogP contribution in [0.15, 0.2) is 65.2 Å². The fourth-order valence-electron chi connectivity index (χ4n) is 3.42. The van der Waals surface area contributed by atoms with Gasteiger partial charge >= 0.3 is 0 Å². The normalized spacial score (nSPS) is 14.9. The van der Waals surface area contributed by atoms with Gasteiger partial charge in [-0.15, -0.1) is 0 Å². The lowest BCUT2D eigenvalue weighted by atomic mass is 10.0. The van der Waals surface area contributed by atoms with Crippen LogP contribution in [0.25, 0.3) is 6.08 Å². The van der Waals surface area contributed by atoms with Crippen LogP contribution in [0.3, 0.4) is 0 Å². The zero-order valence-corrected chi connectivity index (χ0v) is 16.1. The molecule has 0 aromatic heterocycles. The molecule has 4 nitrogen and oxygen atoms in total. The second kappa shape index (κ2) is 9.81. The van der Waals surface area contributed by atoms with Crippen LogP contribution < -0.4 is 5.32 Å². The first-order valence-electron chi connectivity index (χ1n) is 9.72. The molecule has 0 aliphatic carbocycles. The highest BCUT2D eigenvalue weighted by Gasteiger charge is 2.16. The molecule has 2 aromatic carbocycles. The first-order valence-corrected chi connectivity index (χ1v) is 9.72. The van der Waals surface area contributed by atoms with Crippen molar-refractivity contribution < 1.29 is 5.11 Å². The summed E-state index contributed by atoms with van der Waals surface area (Å²) in [5.41, 5.74) is 4.05. The van der Waals surface area contributed by atoms with Crippen molar-refractivity contribution in [2.45, 2.75) is 25.7 Å². The van der Waals surface area contributed by atoms with Crippen molar-refractivity contribution in [3.05, 3.63) is 71.3 Å². The molecule has 142 valence electrons. The maximum atomic E-state index is 9.34.